The number of amides is 2. The molecule has 1 aromatic heterocycles. The van der Waals surface area contributed by atoms with Gasteiger partial charge in [-0.3, -0.25) is 14.3 Å². The van der Waals surface area contributed by atoms with Crippen molar-refractivity contribution in [2.24, 2.45) is 0 Å². The first kappa shape index (κ1) is 18.5. The number of hydrogen-bond donors (Lipinski definition) is 0. The largest absolute Gasteiger partial charge is 0.375 e. The molecule has 7 heteroatoms. The van der Waals surface area contributed by atoms with E-state index in [9.17, 15) is 9.59 Å². The summed E-state index contributed by atoms with van der Waals surface area (Å²) in [4.78, 5) is 28.9. The predicted molar refractivity (Wildman–Crippen MR) is 100 cm³/mol. The average Bonchev–Trinajstić information content (AvgIpc) is 3.36. The zero-order chi connectivity index (χ0) is 19.0. The number of carbonyl (C=O) groups excluding carboxylic acids is 2. The number of nitrogens with zero attached hydrogens (tertiary/aromatic N) is 4. The number of rotatable bonds is 4. The van der Waals surface area contributed by atoms with Crippen molar-refractivity contribution < 1.29 is 14.3 Å². The minimum Gasteiger partial charge on any atom is -0.375 e. The molecule has 1 aromatic rings. The van der Waals surface area contributed by atoms with Gasteiger partial charge in [0, 0.05) is 51.4 Å². The minimum absolute atomic E-state index is 0.00718. The highest BCUT2D eigenvalue weighted by molar-refractivity contribution is 5.92. The maximum Gasteiger partial charge on any atom is 0.274 e. The molecule has 2 amide bonds. The molecule has 3 heterocycles. The van der Waals surface area contributed by atoms with E-state index < -0.39 is 0 Å². The van der Waals surface area contributed by atoms with Crippen LogP contribution in [0.5, 0.6) is 0 Å². The molecule has 2 saturated heterocycles. The van der Waals surface area contributed by atoms with E-state index in [-0.39, 0.29) is 23.5 Å². The summed E-state index contributed by atoms with van der Waals surface area (Å²) in [7, 11) is 0. The van der Waals surface area contributed by atoms with Crippen molar-refractivity contribution in [2.75, 3.05) is 19.7 Å². The molecule has 0 bridgehead atoms. The molecule has 3 fully saturated rings. The summed E-state index contributed by atoms with van der Waals surface area (Å²) in [5, 5.41) is 4.34. The lowest BCUT2D eigenvalue weighted by molar-refractivity contribution is -0.148. The van der Waals surface area contributed by atoms with Gasteiger partial charge in [-0.25, -0.2) is 0 Å². The van der Waals surface area contributed by atoms with Gasteiger partial charge in [-0.05, 0) is 51.5 Å². The lowest BCUT2D eigenvalue weighted by atomic mass is 9.81. The van der Waals surface area contributed by atoms with Crippen LogP contribution < -0.4 is 0 Å². The van der Waals surface area contributed by atoms with Gasteiger partial charge in [0.15, 0.2) is 0 Å². The summed E-state index contributed by atoms with van der Waals surface area (Å²) in [6, 6.07) is 2.52. The zero-order valence-corrected chi connectivity index (χ0v) is 16.4. The predicted octanol–water partition coefficient (Wildman–Crippen LogP) is 2.07. The van der Waals surface area contributed by atoms with Crippen molar-refractivity contribution >= 4 is 11.8 Å². The quantitative estimate of drug-likeness (QED) is 0.809. The first-order chi connectivity index (χ1) is 13.0. The van der Waals surface area contributed by atoms with Gasteiger partial charge in [0.25, 0.3) is 5.91 Å². The molecule has 27 heavy (non-hydrogen) atoms. The van der Waals surface area contributed by atoms with Gasteiger partial charge < -0.3 is 14.5 Å². The summed E-state index contributed by atoms with van der Waals surface area (Å²) >= 11 is 0. The van der Waals surface area contributed by atoms with Gasteiger partial charge in [-0.15, -0.1) is 0 Å². The van der Waals surface area contributed by atoms with Gasteiger partial charge >= 0.3 is 0 Å². The standard InChI is InChI=1S/C20H30N4O3/c1-3-23-10-6-18(21-23)19(26)22-11-8-20(9-12-22)14-17(7-13-27-20)24(15(2)25)16-4-5-16/h6,10,16-17H,3-5,7-9,11-14H2,1-2H3. The Labute approximate surface area is 160 Å². The van der Waals surface area contributed by atoms with Crippen LogP contribution in [0.2, 0.25) is 0 Å². The summed E-state index contributed by atoms with van der Waals surface area (Å²) in [5.41, 5.74) is 0.331. The van der Waals surface area contributed by atoms with Crippen LogP contribution in [-0.2, 0) is 16.1 Å². The molecule has 3 aliphatic rings. The van der Waals surface area contributed by atoms with Crippen LogP contribution >= 0.6 is 0 Å². The first-order valence-electron chi connectivity index (χ1n) is 10.3. The third kappa shape index (κ3) is 3.74. The number of likely N-dealkylation sites (tertiary alicyclic amines) is 1. The molecular weight excluding hydrogens is 344 g/mol. The number of aryl methyl sites for hydroxylation is 1. The molecule has 1 saturated carbocycles. The second-order valence-electron chi connectivity index (χ2n) is 8.18. The fourth-order valence-corrected chi connectivity index (χ4v) is 4.68. The molecule has 1 spiro atoms. The van der Waals surface area contributed by atoms with Crippen LogP contribution in [0, 0.1) is 0 Å². The Hall–Kier alpha value is -1.89. The normalized spacial score (nSPS) is 24.8. The molecule has 0 N–H and O–H groups in total. The highest BCUT2D eigenvalue weighted by atomic mass is 16.5. The van der Waals surface area contributed by atoms with Crippen molar-refractivity contribution in [3.8, 4) is 0 Å². The van der Waals surface area contributed by atoms with E-state index in [1.54, 1.807) is 17.7 Å². The smallest absolute Gasteiger partial charge is 0.274 e. The third-order valence-electron chi connectivity index (χ3n) is 6.31. The SMILES string of the molecule is CCn1ccc(C(=O)N2CCC3(CC2)CC(N(C(C)=O)C2CC2)CCO3)n1. The van der Waals surface area contributed by atoms with Gasteiger partial charge in [0.05, 0.1) is 5.60 Å². The Kier molecular flexibility index (Phi) is 4.97. The second kappa shape index (κ2) is 7.26. The third-order valence-corrected chi connectivity index (χ3v) is 6.31. The summed E-state index contributed by atoms with van der Waals surface area (Å²) in [6.07, 6.45) is 7.61. The van der Waals surface area contributed by atoms with Gasteiger partial charge in [0.1, 0.15) is 5.69 Å². The van der Waals surface area contributed by atoms with E-state index >= 15 is 0 Å². The Bertz CT molecular complexity index is 704. The highest BCUT2D eigenvalue weighted by Gasteiger charge is 2.45. The number of piperidine rings is 1. The van der Waals surface area contributed by atoms with Gasteiger partial charge in [0.2, 0.25) is 5.91 Å². The first-order valence-corrected chi connectivity index (χ1v) is 10.3. The molecule has 1 aliphatic carbocycles. The van der Waals surface area contributed by atoms with Crippen LogP contribution in [0.15, 0.2) is 12.3 Å². The van der Waals surface area contributed by atoms with Crippen molar-refractivity contribution in [3.05, 3.63) is 18.0 Å². The fraction of sp³-hybridized carbons (Fsp3) is 0.750. The summed E-state index contributed by atoms with van der Waals surface area (Å²) in [6.45, 7) is 6.54. The van der Waals surface area contributed by atoms with E-state index in [1.165, 1.54) is 0 Å². The lowest BCUT2D eigenvalue weighted by Crippen LogP contribution is -2.55. The number of ether oxygens (including phenoxy) is 1. The molecule has 7 nitrogen and oxygen atoms in total. The fourth-order valence-electron chi connectivity index (χ4n) is 4.68. The van der Waals surface area contributed by atoms with E-state index in [2.05, 4.69) is 10.00 Å². The molecule has 2 aliphatic heterocycles. The zero-order valence-electron chi connectivity index (χ0n) is 16.4. The Morgan fingerprint density at radius 2 is 2.00 bits per heavy atom. The van der Waals surface area contributed by atoms with E-state index in [1.807, 2.05) is 18.0 Å². The van der Waals surface area contributed by atoms with Crippen LogP contribution in [0.1, 0.15) is 62.9 Å². The maximum absolute atomic E-state index is 12.7. The van der Waals surface area contributed by atoms with Crippen LogP contribution in [0.3, 0.4) is 0 Å². The van der Waals surface area contributed by atoms with Crippen molar-refractivity contribution in [2.45, 2.75) is 76.6 Å². The number of carbonyl (C=O) groups is 2. The molecule has 1 unspecified atom stereocenters. The topological polar surface area (TPSA) is 67.7 Å². The Morgan fingerprint density at radius 3 is 2.59 bits per heavy atom. The maximum atomic E-state index is 12.7. The van der Waals surface area contributed by atoms with Crippen LogP contribution in [-0.4, -0.2) is 68.8 Å². The van der Waals surface area contributed by atoms with Crippen LogP contribution in [0.4, 0.5) is 0 Å². The molecule has 148 valence electrons. The lowest BCUT2D eigenvalue weighted by Gasteiger charge is -2.48. The number of aromatic nitrogens is 2. The molecule has 4 rings (SSSR count). The summed E-state index contributed by atoms with van der Waals surface area (Å²) in [5.74, 6) is 0.200. The minimum atomic E-state index is -0.189. The molecular formula is C20H30N4O3. The van der Waals surface area contributed by atoms with Crippen molar-refractivity contribution in [3.63, 3.8) is 0 Å². The molecule has 1 atom stereocenters. The Morgan fingerprint density at radius 1 is 1.26 bits per heavy atom. The summed E-state index contributed by atoms with van der Waals surface area (Å²) < 4.78 is 8.01. The Balaban J connectivity index is 1.38. The van der Waals surface area contributed by atoms with E-state index in [0.29, 0.717) is 31.4 Å². The number of hydrogen-bond acceptors (Lipinski definition) is 4. The van der Waals surface area contributed by atoms with Gasteiger partial charge in [-0.1, -0.05) is 0 Å². The second-order valence-corrected chi connectivity index (χ2v) is 8.18. The molecule has 0 aromatic carbocycles. The van der Waals surface area contributed by atoms with Crippen molar-refractivity contribution in [1.29, 1.82) is 0 Å². The monoisotopic (exact) mass is 374 g/mol. The van der Waals surface area contributed by atoms with Gasteiger partial charge in [-0.2, -0.15) is 5.10 Å². The molecule has 0 radical (unpaired) electrons. The average molecular weight is 374 g/mol. The van der Waals surface area contributed by atoms with Crippen LogP contribution in [0.25, 0.3) is 0 Å². The highest BCUT2D eigenvalue weighted by Crippen LogP contribution is 2.40. The van der Waals surface area contributed by atoms with E-state index in [4.69, 9.17) is 4.74 Å². The van der Waals surface area contributed by atoms with E-state index in [0.717, 1.165) is 45.1 Å². The van der Waals surface area contributed by atoms with Crippen molar-refractivity contribution in [1.82, 2.24) is 19.6 Å².